The Hall–Kier alpha value is -1.39. The zero-order valence-electron chi connectivity index (χ0n) is 8.97. The van der Waals surface area contributed by atoms with Crippen LogP contribution in [-0.4, -0.2) is 19.3 Å². The maximum absolute atomic E-state index is 11.9. The molecule has 0 heterocycles. The molecule has 0 aliphatic carbocycles. The van der Waals surface area contributed by atoms with Crippen molar-refractivity contribution in [2.45, 2.75) is 19.5 Å². The third kappa shape index (κ3) is 4.42. The number of para-hydroxylation sites is 2. The van der Waals surface area contributed by atoms with Gasteiger partial charge in [0.1, 0.15) is 5.75 Å². The number of nitrogens with one attached hydrogen (secondary N) is 1. The van der Waals surface area contributed by atoms with Crippen LogP contribution in [0.1, 0.15) is 13.3 Å². The molecule has 0 spiro atoms. The van der Waals surface area contributed by atoms with Gasteiger partial charge in [-0.15, -0.1) is 0 Å². The van der Waals surface area contributed by atoms with Gasteiger partial charge in [0.15, 0.2) is 0 Å². The van der Waals surface area contributed by atoms with E-state index in [0.29, 0.717) is 18.0 Å². The Bertz CT molecular complexity index is 325. The quantitative estimate of drug-likeness (QED) is 0.841. The molecule has 5 heteroatoms. The van der Waals surface area contributed by atoms with Crippen molar-refractivity contribution in [1.82, 2.24) is 0 Å². The Balaban J connectivity index is 2.52. The van der Waals surface area contributed by atoms with Crippen molar-refractivity contribution in [1.29, 1.82) is 0 Å². The average molecular weight is 233 g/mol. The van der Waals surface area contributed by atoms with Crippen molar-refractivity contribution in [2.24, 2.45) is 0 Å². The number of anilines is 1. The van der Waals surface area contributed by atoms with E-state index in [2.05, 4.69) is 5.32 Å². The lowest BCUT2D eigenvalue weighted by molar-refractivity contribution is -0.131. The summed E-state index contributed by atoms with van der Waals surface area (Å²) in [5, 5.41) is 2.71. The molecule has 0 saturated carbocycles. The number of rotatable bonds is 5. The van der Waals surface area contributed by atoms with Gasteiger partial charge in [0, 0.05) is 6.54 Å². The van der Waals surface area contributed by atoms with E-state index >= 15 is 0 Å². The monoisotopic (exact) mass is 233 g/mol. The van der Waals surface area contributed by atoms with E-state index in [0.717, 1.165) is 0 Å². The highest BCUT2D eigenvalue weighted by Gasteiger charge is 2.26. The zero-order chi connectivity index (χ0) is 12.0. The summed E-state index contributed by atoms with van der Waals surface area (Å²) in [6.07, 6.45) is -4.99. The molecule has 0 fully saturated rings. The van der Waals surface area contributed by atoms with Crippen molar-refractivity contribution in [3.05, 3.63) is 24.3 Å². The summed E-state index contributed by atoms with van der Waals surface area (Å²) in [6, 6.07) is 6.94. The standard InChI is InChI=1S/C11H14F3NO/c1-2-16-10-6-4-3-5-9(10)15-8-7-11(12,13)14/h3-6,15H,2,7-8H2,1H3. The normalized spacial score (nSPS) is 11.2. The number of alkyl halides is 3. The molecular formula is C11H14F3NO. The summed E-state index contributed by atoms with van der Waals surface area (Å²) < 4.78 is 41.1. The topological polar surface area (TPSA) is 21.3 Å². The van der Waals surface area contributed by atoms with Gasteiger partial charge < -0.3 is 10.1 Å². The predicted octanol–water partition coefficient (Wildman–Crippen LogP) is 3.45. The van der Waals surface area contributed by atoms with Crippen LogP contribution >= 0.6 is 0 Å². The largest absolute Gasteiger partial charge is 0.492 e. The molecule has 0 unspecified atom stereocenters. The average Bonchev–Trinajstić information content (AvgIpc) is 2.19. The minimum Gasteiger partial charge on any atom is -0.492 e. The first-order valence-corrected chi connectivity index (χ1v) is 5.05. The molecule has 1 aromatic carbocycles. The second kappa shape index (κ2) is 5.63. The summed E-state index contributed by atoms with van der Waals surface area (Å²) in [4.78, 5) is 0. The first kappa shape index (κ1) is 12.7. The molecular weight excluding hydrogens is 219 g/mol. The van der Waals surface area contributed by atoms with E-state index in [9.17, 15) is 13.2 Å². The third-order valence-corrected chi connectivity index (χ3v) is 1.91. The fraction of sp³-hybridized carbons (Fsp3) is 0.455. The van der Waals surface area contributed by atoms with Crippen LogP contribution in [0.15, 0.2) is 24.3 Å². The van der Waals surface area contributed by atoms with Crippen LogP contribution in [0.2, 0.25) is 0 Å². The second-order valence-corrected chi connectivity index (χ2v) is 3.22. The molecule has 1 N–H and O–H groups in total. The molecule has 2 nitrogen and oxygen atoms in total. The first-order chi connectivity index (χ1) is 7.53. The highest BCUT2D eigenvalue weighted by Crippen LogP contribution is 2.25. The molecule has 0 saturated heterocycles. The molecule has 0 aromatic heterocycles. The van der Waals surface area contributed by atoms with Crippen LogP contribution in [0.5, 0.6) is 5.75 Å². The minimum atomic E-state index is -4.13. The van der Waals surface area contributed by atoms with E-state index in [4.69, 9.17) is 4.74 Å². The smallest absolute Gasteiger partial charge is 0.390 e. The van der Waals surface area contributed by atoms with E-state index in [1.54, 1.807) is 24.3 Å². The number of halogens is 3. The van der Waals surface area contributed by atoms with Gasteiger partial charge in [-0.25, -0.2) is 0 Å². The lowest BCUT2D eigenvalue weighted by Crippen LogP contribution is -2.15. The number of benzene rings is 1. The van der Waals surface area contributed by atoms with Gasteiger partial charge in [-0.1, -0.05) is 12.1 Å². The van der Waals surface area contributed by atoms with Gasteiger partial charge in [0.05, 0.1) is 18.7 Å². The Labute approximate surface area is 92.4 Å². The Morgan fingerprint density at radius 3 is 2.56 bits per heavy atom. The molecule has 0 aliphatic heterocycles. The molecule has 0 amide bonds. The maximum atomic E-state index is 11.9. The minimum absolute atomic E-state index is 0.145. The van der Waals surface area contributed by atoms with Crippen LogP contribution in [0, 0.1) is 0 Å². The van der Waals surface area contributed by atoms with Gasteiger partial charge in [0.25, 0.3) is 0 Å². The van der Waals surface area contributed by atoms with Crippen LogP contribution in [0.25, 0.3) is 0 Å². The summed E-state index contributed by atoms with van der Waals surface area (Å²) in [7, 11) is 0. The van der Waals surface area contributed by atoms with Crippen LogP contribution in [-0.2, 0) is 0 Å². The summed E-state index contributed by atoms with van der Waals surface area (Å²) in [6.45, 7) is 2.16. The van der Waals surface area contributed by atoms with Crippen molar-refractivity contribution in [2.75, 3.05) is 18.5 Å². The van der Waals surface area contributed by atoms with Crippen molar-refractivity contribution >= 4 is 5.69 Å². The molecule has 0 bridgehead atoms. The number of hydrogen-bond donors (Lipinski definition) is 1. The Morgan fingerprint density at radius 1 is 1.25 bits per heavy atom. The second-order valence-electron chi connectivity index (χ2n) is 3.22. The van der Waals surface area contributed by atoms with E-state index in [-0.39, 0.29) is 6.54 Å². The van der Waals surface area contributed by atoms with Crippen molar-refractivity contribution < 1.29 is 17.9 Å². The molecule has 0 aliphatic rings. The maximum Gasteiger partial charge on any atom is 0.390 e. The summed E-state index contributed by atoms with van der Waals surface area (Å²) >= 11 is 0. The van der Waals surface area contributed by atoms with Crippen LogP contribution in [0.4, 0.5) is 18.9 Å². The Kier molecular flexibility index (Phi) is 4.46. The fourth-order valence-corrected chi connectivity index (χ4v) is 1.23. The molecule has 1 rings (SSSR count). The highest BCUT2D eigenvalue weighted by molar-refractivity contribution is 5.56. The van der Waals surface area contributed by atoms with Crippen LogP contribution < -0.4 is 10.1 Å². The van der Waals surface area contributed by atoms with E-state index in [1.165, 1.54) is 0 Å². The third-order valence-electron chi connectivity index (χ3n) is 1.91. The molecule has 16 heavy (non-hydrogen) atoms. The molecule has 1 aromatic rings. The van der Waals surface area contributed by atoms with Gasteiger partial charge in [-0.3, -0.25) is 0 Å². The van der Waals surface area contributed by atoms with E-state index in [1.807, 2.05) is 6.92 Å². The lowest BCUT2D eigenvalue weighted by atomic mass is 10.3. The van der Waals surface area contributed by atoms with Crippen molar-refractivity contribution in [3.8, 4) is 5.75 Å². The summed E-state index contributed by atoms with van der Waals surface area (Å²) in [5.74, 6) is 0.576. The molecule has 90 valence electrons. The summed E-state index contributed by atoms with van der Waals surface area (Å²) in [5.41, 5.74) is 0.591. The zero-order valence-corrected chi connectivity index (χ0v) is 8.97. The number of ether oxygens (including phenoxy) is 1. The van der Waals surface area contributed by atoms with Crippen LogP contribution in [0.3, 0.4) is 0 Å². The van der Waals surface area contributed by atoms with Gasteiger partial charge >= 0.3 is 6.18 Å². The Morgan fingerprint density at radius 2 is 1.94 bits per heavy atom. The predicted molar refractivity (Wildman–Crippen MR) is 56.8 cm³/mol. The van der Waals surface area contributed by atoms with Crippen molar-refractivity contribution in [3.63, 3.8) is 0 Å². The number of hydrogen-bond acceptors (Lipinski definition) is 2. The van der Waals surface area contributed by atoms with Gasteiger partial charge in [0.2, 0.25) is 0 Å². The SMILES string of the molecule is CCOc1ccccc1NCCC(F)(F)F. The molecule has 0 atom stereocenters. The fourth-order valence-electron chi connectivity index (χ4n) is 1.23. The molecule has 0 radical (unpaired) electrons. The lowest BCUT2D eigenvalue weighted by Gasteiger charge is -2.12. The first-order valence-electron chi connectivity index (χ1n) is 5.05. The highest BCUT2D eigenvalue weighted by atomic mass is 19.4. The van der Waals surface area contributed by atoms with E-state index < -0.39 is 12.6 Å². The van der Waals surface area contributed by atoms with Gasteiger partial charge in [-0.2, -0.15) is 13.2 Å². The van der Waals surface area contributed by atoms with Gasteiger partial charge in [-0.05, 0) is 19.1 Å².